The fraction of sp³-hybridized carbons (Fsp3) is 0.381. The van der Waals surface area contributed by atoms with E-state index in [1.165, 1.54) is 4.90 Å². The van der Waals surface area contributed by atoms with Crippen LogP contribution in [-0.2, 0) is 25.6 Å². The van der Waals surface area contributed by atoms with E-state index in [1.807, 2.05) is 6.07 Å². The zero-order valence-electron chi connectivity index (χ0n) is 16.9. The smallest absolute Gasteiger partial charge is 0.339 e. The minimum absolute atomic E-state index is 0.110. The normalized spacial score (nSPS) is 11.6. The first-order valence-corrected chi connectivity index (χ1v) is 9.05. The van der Waals surface area contributed by atoms with Crippen molar-refractivity contribution in [3.8, 4) is 0 Å². The van der Waals surface area contributed by atoms with Gasteiger partial charge in [-0.15, -0.1) is 0 Å². The molecule has 0 spiro atoms. The van der Waals surface area contributed by atoms with Crippen LogP contribution in [0.5, 0.6) is 0 Å². The van der Waals surface area contributed by atoms with Crippen LogP contribution in [0.1, 0.15) is 40.3 Å². The SMILES string of the molecule is CCOC(=O)c1cc(C)n(CC(=O)OC(C(=O)N(C)C)c2ccccc2)c1C. The molecule has 7 heteroatoms. The number of nitrogens with zero attached hydrogens (tertiary/aromatic N) is 2. The Kier molecular flexibility index (Phi) is 6.98. The van der Waals surface area contributed by atoms with Crippen LogP contribution in [-0.4, -0.2) is 48.0 Å². The molecule has 0 aliphatic rings. The molecule has 0 aliphatic carbocycles. The van der Waals surface area contributed by atoms with Crippen LogP contribution in [0.4, 0.5) is 0 Å². The third kappa shape index (κ3) is 4.79. The zero-order valence-corrected chi connectivity index (χ0v) is 16.9. The Morgan fingerprint density at radius 1 is 1.11 bits per heavy atom. The molecule has 0 saturated carbocycles. The van der Waals surface area contributed by atoms with Crippen molar-refractivity contribution in [1.82, 2.24) is 9.47 Å². The Balaban J connectivity index is 2.22. The van der Waals surface area contributed by atoms with Crippen LogP contribution in [0.25, 0.3) is 0 Å². The van der Waals surface area contributed by atoms with Gasteiger partial charge in [0.05, 0.1) is 12.2 Å². The van der Waals surface area contributed by atoms with Crippen LogP contribution in [0, 0.1) is 13.8 Å². The van der Waals surface area contributed by atoms with Crippen molar-refractivity contribution in [3.05, 3.63) is 58.9 Å². The van der Waals surface area contributed by atoms with E-state index in [2.05, 4.69) is 0 Å². The van der Waals surface area contributed by atoms with E-state index in [4.69, 9.17) is 9.47 Å². The summed E-state index contributed by atoms with van der Waals surface area (Å²) in [5, 5.41) is 0. The van der Waals surface area contributed by atoms with Gasteiger partial charge in [-0.3, -0.25) is 9.59 Å². The van der Waals surface area contributed by atoms with Gasteiger partial charge in [-0.05, 0) is 26.8 Å². The molecule has 0 saturated heterocycles. The van der Waals surface area contributed by atoms with E-state index in [-0.39, 0.29) is 19.1 Å². The predicted octanol–water partition coefficient (Wildman–Crippen LogP) is 2.65. The quantitative estimate of drug-likeness (QED) is 0.684. The third-order valence-electron chi connectivity index (χ3n) is 4.37. The van der Waals surface area contributed by atoms with Crippen molar-refractivity contribution in [3.63, 3.8) is 0 Å². The molecule has 0 N–H and O–H groups in total. The minimum Gasteiger partial charge on any atom is -0.462 e. The largest absolute Gasteiger partial charge is 0.462 e. The first kappa shape index (κ1) is 21.2. The number of hydrogen-bond donors (Lipinski definition) is 0. The number of carbonyl (C=O) groups is 3. The fourth-order valence-electron chi connectivity index (χ4n) is 2.88. The summed E-state index contributed by atoms with van der Waals surface area (Å²) in [4.78, 5) is 38.5. The maximum Gasteiger partial charge on any atom is 0.339 e. The molecular weight excluding hydrogens is 360 g/mol. The molecule has 1 unspecified atom stereocenters. The number of rotatable bonds is 7. The second kappa shape index (κ2) is 9.21. The fourth-order valence-corrected chi connectivity index (χ4v) is 2.88. The monoisotopic (exact) mass is 386 g/mol. The Morgan fingerprint density at radius 3 is 2.32 bits per heavy atom. The summed E-state index contributed by atoms with van der Waals surface area (Å²) in [6.07, 6.45) is -1.02. The standard InChI is InChI=1S/C21H26N2O5/c1-6-27-21(26)17-12-14(2)23(15(17)3)13-18(24)28-19(20(25)22(4)5)16-10-8-7-9-11-16/h7-12,19H,6,13H2,1-5H3. The Hall–Kier alpha value is -3.09. The molecule has 0 bridgehead atoms. The van der Waals surface area contributed by atoms with Gasteiger partial charge in [0, 0.05) is 31.0 Å². The molecule has 150 valence electrons. The van der Waals surface area contributed by atoms with Gasteiger partial charge in [0.2, 0.25) is 6.10 Å². The Labute approximate surface area is 164 Å². The molecular formula is C21H26N2O5. The Bertz CT molecular complexity index is 855. The lowest BCUT2D eigenvalue weighted by atomic mass is 10.1. The highest BCUT2D eigenvalue weighted by Crippen LogP contribution is 2.21. The first-order valence-electron chi connectivity index (χ1n) is 9.05. The van der Waals surface area contributed by atoms with Gasteiger partial charge < -0.3 is 18.9 Å². The van der Waals surface area contributed by atoms with E-state index in [0.717, 1.165) is 5.69 Å². The van der Waals surface area contributed by atoms with Gasteiger partial charge in [-0.2, -0.15) is 0 Å². The summed E-state index contributed by atoms with van der Waals surface area (Å²) in [6, 6.07) is 10.6. The summed E-state index contributed by atoms with van der Waals surface area (Å²) < 4.78 is 12.2. The second-order valence-electron chi connectivity index (χ2n) is 6.60. The van der Waals surface area contributed by atoms with Crippen molar-refractivity contribution in [1.29, 1.82) is 0 Å². The number of likely N-dealkylation sites (N-methyl/N-ethyl adjacent to an activating group) is 1. The maximum atomic E-state index is 12.6. The topological polar surface area (TPSA) is 77.8 Å². The zero-order chi connectivity index (χ0) is 20.8. The summed E-state index contributed by atoms with van der Waals surface area (Å²) in [5.41, 5.74) is 2.36. The molecule has 28 heavy (non-hydrogen) atoms. The molecule has 1 heterocycles. The summed E-state index contributed by atoms with van der Waals surface area (Å²) in [6.45, 7) is 5.44. The second-order valence-corrected chi connectivity index (χ2v) is 6.60. The number of benzene rings is 1. The molecule has 1 aromatic heterocycles. The van der Waals surface area contributed by atoms with Gasteiger partial charge in [-0.1, -0.05) is 30.3 Å². The highest BCUT2D eigenvalue weighted by atomic mass is 16.5. The van der Waals surface area contributed by atoms with Crippen LogP contribution in [0.3, 0.4) is 0 Å². The van der Waals surface area contributed by atoms with Crippen molar-refractivity contribution in [2.75, 3.05) is 20.7 Å². The molecule has 0 fully saturated rings. The van der Waals surface area contributed by atoms with Crippen LogP contribution >= 0.6 is 0 Å². The van der Waals surface area contributed by atoms with Crippen molar-refractivity contribution in [2.45, 2.75) is 33.4 Å². The molecule has 2 rings (SSSR count). The number of aryl methyl sites for hydroxylation is 1. The average Bonchev–Trinajstić information content (AvgIpc) is 2.94. The molecule has 0 radical (unpaired) electrons. The van der Waals surface area contributed by atoms with E-state index >= 15 is 0 Å². The number of carbonyl (C=O) groups excluding carboxylic acids is 3. The molecule has 1 amide bonds. The van der Waals surface area contributed by atoms with Crippen LogP contribution < -0.4 is 0 Å². The lowest BCUT2D eigenvalue weighted by Crippen LogP contribution is -2.32. The maximum absolute atomic E-state index is 12.6. The van der Waals surface area contributed by atoms with Gasteiger partial charge in [0.1, 0.15) is 6.54 Å². The predicted molar refractivity (Wildman–Crippen MR) is 104 cm³/mol. The van der Waals surface area contributed by atoms with Crippen LogP contribution in [0.15, 0.2) is 36.4 Å². The summed E-state index contributed by atoms with van der Waals surface area (Å²) >= 11 is 0. The lowest BCUT2D eigenvalue weighted by Gasteiger charge is -2.21. The van der Waals surface area contributed by atoms with Crippen LogP contribution in [0.2, 0.25) is 0 Å². The Morgan fingerprint density at radius 2 is 1.75 bits per heavy atom. The van der Waals surface area contributed by atoms with Gasteiger partial charge in [0.15, 0.2) is 0 Å². The number of esters is 2. The van der Waals surface area contributed by atoms with E-state index in [1.54, 1.807) is 69.8 Å². The number of amides is 1. The molecule has 0 aliphatic heterocycles. The molecule has 1 atom stereocenters. The first-order chi connectivity index (χ1) is 13.3. The lowest BCUT2D eigenvalue weighted by molar-refractivity contribution is -0.160. The van der Waals surface area contributed by atoms with Gasteiger partial charge >= 0.3 is 11.9 Å². The number of hydrogen-bond acceptors (Lipinski definition) is 5. The minimum atomic E-state index is -1.02. The highest BCUT2D eigenvalue weighted by molar-refractivity contribution is 5.91. The third-order valence-corrected chi connectivity index (χ3v) is 4.37. The summed E-state index contributed by atoms with van der Waals surface area (Å²) in [7, 11) is 3.22. The number of aromatic nitrogens is 1. The van der Waals surface area contributed by atoms with Gasteiger partial charge in [0.25, 0.3) is 5.91 Å². The summed E-state index contributed by atoms with van der Waals surface area (Å²) in [5.74, 6) is -1.32. The number of ether oxygens (including phenoxy) is 2. The average molecular weight is 386 g/mol. The molecule has 2 aromatic rings. The van der Waals surface area contributed by atoms with Crippen molar-refractivity contribution < 1.29 is 23.9 Å². The van der Waals surface area contributed by atoms with Crippen molar-refractivity contribution >= 4 is 17.8 Å². The van der Waals surface area contributed by atoms with E-state index in [0.29, 0.717) is 16.8 Å². The molecule has 7 nitrogen and oxygen atoms in total. The van der Waals surface area contributed by atoms with Gasteiger partial charge in [-0.25, -0.2) is 4.79 Å². The van der Waals surface area contributed by atoms with E-state index in [9.17, 15) is 14.4 Å². The highest BCUT2D eigenvalue weighted by Gasteiger charge is 2.27. The van der Waals surface area contributed by atoms with E-state index < -0.39 is 18.0 Å². The molecule has 1 aromatic carbocycles. The van der Waals surface area contributed by atoms with Crippen molar-refractivity contribution in [2.24, 2.45) is 0 Å².